The lowest BCUT2D eigenvalue weighted by Gasteiger charge is -2.45. The van der Waals surface area contributed by atoms with E-state index in [1.54, 1.807) is 0 Å². The van der Waals surface area contributed by atoms with Crippen molar-refractivity contribution in [2.75, 3.05) is 13.2 Å². The molecule has 2 saturated heterocycles. The Bertz CT molecular complexity index is 225. The zero-order valence-electron chi connectivity index (χ0n) is 8.24. The van der Waals surface area contributed by atoms with E-state index in [4.69, 9.17) is 14.6 Å². The van der Waals surface area contributed by atoms with Crippen LogP contribution in [-0.4, -0.2) is 63.8 Å². The fourth-order valence-corrected chi connectivity index (χ4v) is 2.17. The molecule has 2 aliphatic rings. The number of rotatable bonds is 1. The zero-order valence-corrected chi connectivity index (χ0v) is 8.24. The molecular formula is C9H16O6. The van der Waals surface area contributed by atoms with E-state index in [-0.39, 0.29) is 0 Å². The average Bonchev–Trinajstić information content (AvgIpc) is 2.70. The van der Waals surface area contributed by atoms with Gasteiger partial charge in [-0.15, -0.1) is 0 Å². The normalized spacial score (nSPS) is 51.2. The third kappa shape index (κ3) is 1.67. The summed E-state index contributed by atoms with van der Waals surface area (Å²) in [4.78, 5) is 0. The van der Waals surface area contributed by atoms with Crippen molar-refractivity contribution in [1.29, 1.82) is 0 Å². The summed E-state index contributed by atoms with van der Waals surface area (Å²) in [6.07, 6.45) is -3.67. The molecule has 6 nitrogen and oxygen atoms in total. The quantitative estimate of drug-likeness (QED) is 0.406. The minimum Gasteiger partial charge on any atom is -0.394 e. The van der Waals surface area contributed by atoms with Crippen LogP contribution in [0.5, 0.6) is 0 Å². The summed E-state index contributed by atoms with van der Waals surface area (Å²) in [7, 11) is 0. The van der Waals surface area contributed by atoms with Crippen molar-refractivity contribution in [3.63, 3.8) is 0 Å². The van der Waals surface area contributed by atoms with Gasteiger partial charge in [0.15, 0.2) is 5.79 Å². The first-order valence-corrected chi connectivity index (χ1v) is 5.07. The number of hydrogen-bond acceptors (Lipinski definition) is 6. The van der Waals surface area contributed by atoms with E-state index in [0.29, 0.717) is 13.0 Å². The summed E-state index contributed by atoms with van der Waals surface area (Å²) in [6.45, 7) is 0.0219. The van der Waals surface area contributed by atoms with Crippen molar-refractivity contribution in [3.8, 4) is 0 Å². The molecule has 88 valence electrons. The standard InChI is InChI=1S/C9H16O6/c10-4-5-6(11)7(12)8(13)9(15-5)2-1-3-14-9/h5-8,10-13H,1-4H2/t5?,6-,7?,8?,9-/m1/s1. The van der Waals surface area contributed by atoms with E-state index in [1.165, 1.54) is 0 Å². The predicted octanol–water partition coefficient (Wildman–Crippen LogP) is -2.03. The molecule has 0 aromatic carbocycles. The van der Waals surface area contributed by atoms with E-state index in [9.17, 15) is 15.3 Å². The van der Waals surface area contributed by atoms with E-state index >= 15 is 0 Å². The fraction of sp³-hybridized carbons (Fsp3) is 1.00. The maximum absolute atomic E-state index is 9.77. The number of hydrogen-bond donors (Lipinski definition) is 4. The minimum atomic E-state index is -1.35. The summed E-state index contributed by atoms with van der Waals surface area (Å²) < 4.78 is 10.6. The summed E-state index contributed by atoms with van der Waals surface area (Å²) in [5.41, 5.74) is 0. The first kappa shape index (κ1) is 11.3. The van der Waals surface area contributed by atoms with Gasteiger partial charge in [-0.1, -0.05) is 0 Å². The van der Waals surface area contributed by atoms with Gasteiger partial charge in [0.1, 0.15) is 24.4 Å². The highest BCUT2D eigenvalue weighted by Gasteiger charge is 2.55. The molecule has 0 amide bonds. The van der Waals surface area contributed by atoms with Gasteiger partial charge in [0.2, 0.25) is 0 Å². The van der Waals surface area contributed by atoms with E-state index in [2.05, 4.69) is 0 Å². The van der Waals surface area contributed by atoms with Crippen LogP contribution in [0, 0.1) is 0 Å². The monoisotopic (exact) mass is 220 g/mol. The number of ether oxygens (including phenoxy) is 2. The van der Waals surface area contributed by atoms with Crippen LogP contribution >= 0.6 is 0 Å². The summed E-state index contributed by atoms with van der Waals surface area (Å²) in [5.74, 6) is -1.26. The maximum Gasteiger partial charge on any atom is 0.197 e. The third-order valence-electron chi connectivity index (χ3n) is 3.05. The second-order valence-corrected chi connectivity index (χ2v) is 4.03. The summed E-state index contributed by atoms with van der Waals surface area (Å²) >= 11 is 0. The molecular weight excluding hydrogens is 204 g/mol. The Balaban J connectivity index is 2.19. The molecule has 0 aromatic rings. The van der Waals surface area contributed by atoms with Crippen molar-refractivity contribution in [3.05, 3.63) is 0 Å². The molecule has 5 atom stereocenters. The molecule has 1 spiro atoms. The molecule has 0 bridgehead atoms. The van der Waals surface area contributed by atoms with Crippen LogP contribution in [0.25, 0.3) is 0 Å². The lowest BCUT2D eigenvalue weighted by molar-refractivity contribution is -0.349. The van der Waals surface area contributed by atoms with Crippen molar-refractivity contribution in [2.24, 2.45) is 0 Å². The topological polar surface area (TPSA) is 99.4 Å². The molecule has 2 aliphatic heterocycles. The fourth-order valence-electron chi connectivity index (χ4n) is 2.17. The van der Waals surface area contributed by atoms with Gasteiger partial charge >= 0.3 is 0 Å². The van der Waals surface area contributed by atoms with Gasteiger partial charge in [-0.2, -0.15) is 0 Å². The summed E-state index contributed by atoms with van der Waals surface area (Å²) in [6, 6.07) is 0. The Hall–Kier alpha value is -0.240. The highest BCUT2D eigenvalue weighted by molar-refractivity contribution is 4.98. The van der Waals surface area contributed by atoms with Crippen molar-refractivity contribution in [1.82, 2.24) is 0 Å². The Kier molecular flexibility index (Phi) is 2.98. The SMILES string of the molecule is OCC1O[C@]2(CCCO2)C(O)C(O)[C@@H]1O. The van der Waals surface area contributed by atoms with E-state index < -0.39 is 36.8 Å². The Labute approximate surface area is 87.1 Å². The molecule has 15 heavy (non-hydrogen) atoms. The van der Waals surface area contributed by atoms with Gasteiger partial charge < -0.3 is 29.9 Å². The number of aliphatic hydroxyl groups is 4. The molecule has 6 heteroatoms. The Morgan fingerprint density at radius 2 is 1.93 bits per heavy atom. The highest BCUT2D eigenvalue weighted by atomic mass is 16.7. The average molecular weight is 220 g/mol. The van der Waals surface area contributed by atoms with Gasteiger partial charge in [-0.3, -0.25) is 0 Å². The Morgan fingerprint density at radius 3 is 2.47 bits per heavy atom. The molecule has 2 rings (SSSR count). The highest BCUT2D eigenvalue weighted by Crippen LogP contribution is 2.38. The molecule has 0 saturated carbocycles. The lowest BCUT2D eigenvalue weighted by Crippen LogP contribution is -2.64. The second kappa shape index (κ2) is 3.97. The molecule has 2 fully saturated rings. The molecule has 2 heterocycles. The molecule has 4 N–H and O–H groups in total. The van der Waals surface area contributed by atoms with E-state index in [1.807, 2.05) is 0 Å². The second-order valence-electron chi connectivity index (χ2n) is 4.03. The van der Waals surface area contributed by atoms with Crippen LogP contribution in [-0.2, 0) is 9.47 Å². The number of aliphatic hydroxyl groups excluding tert-OH is 4. The van der Waals surface area contributed by atoms with Crippen LogP contribution in [0.15, 0.2) is 0 Å². The first-order valence-electron chi connectivity index (χ1n) is 5.07. The predicted molar refractivity (Wildman–Crippen MR) is 47.9 cm³/mol. The lowest BCUT2D eigenvalue weighted by atomic mass is 9.91. The first-order chi connectivity index (χ1) is 7.10. The van der Waals surface area contributed by atoms with Crippen molar-refractivity contribution in [2.45, 2.75) is 43.0 Å². The van der Waals surface area contributed by atoms with Crippen LogP contribution in [0.4, 0.5) is 0 Å². The van der Waals surface area contributed by atoms with Gasteiger partial charge in [0, 0.05) is 6.42 Å². The third-order valence-corrected chi connectivity index (χ3v) is 3.05. The van der Waals surface area contributed by atoms with Crippen LogP contribution in [0.3, 0.4) is 0 Å². The zero-order chi connectivity index (χ0) is 11.1. The minimum absolute atomic E-state index is 0.421. The molecule has 3 unspecified atom stereocenters. The van der Waals surface area contributed by atoms with Crippen LogP contribution < -0.4 is 0 Å². The van der Waals surface area contributed by atoms with E-state index in [0.717, 1.165) is 6.42 Å². The van der Waals surface area contributed by atoms with Crippen molar-refractivity contribution >= 4 is 0 Å². The largest absolute Gasteiger partial charge is 0.394 e. The molecule has 0 aliphatic carbocycles. The molecule has 0 radical (unpaired) electrons. The van der Waals surface area contributed by atoms with Gasteiger partial charge in [0.05, 0.1) is 13.2 Å². The summed E-state index contributed by atoms with van der Waals surface area (Å²) in [5, 5.41) is 37.8. The smallest absolute Gasteiger partial charge is 0.197 e. The maximum atomic E-state index is 9.77. The van der Waals surface area contributed by atoms with Crippen LogP contribution in [0.1, 0.15) is 12.8 Å². The van der Waals surface area contributed by atoms with Gasteiger partial charge in [-0.05, 0) is 6.42 Å². The Morgan fingerprint density at radius 1 is 1.20 bits per heavy atom. The van der Waals surface area contributed by atoms with Crippen molar-refractivity contribution < 1.29 is 29.9 Å². The molecule has 0 aromatic heterocycles. The van der Waals surface area contributed by atoms with Gasteiger partial charge in [0.25, 0.3) is 0 Å². The van der Waals surface area contributed by atoms with Gasteiger partial charge in [-0.25, -0.2) is 0 Å². The van der Waals surface area contributed by atoms with Crippen LogP contribution in [0.2, 0.25) is 0 Å².